The third-order valence-electron chi connectivity index (χ3n) is 2.94. The first-order valence-corrected chi connectivity index (χ1v) is 7.30. The molecule has 1 aromatic rings. The second-order valence-corrected chi connectivity index (χ2v) is 6.36. The lowest BCUT2D eigenvalue weighted by Crippen LogP contribution is -2.34. The zero-order chi connectivity index (χ0) is 15.6. The van der Waals surface area contributed by atoms with E-state index in [0.717, 1.165) is 23.7 Å². The van der Waals surface area contributed by atoms with Gasteiger partial charge in [0.1, 0.15) is 5.69 Å². The van der Waals surface area contributed by atoms with Gasteiger partial charge in [0.15, 0.2) is 0 Å². The fraction of sp³-hybridized carbons (Fsp3) is 0.588. The molecule has 0 unspecified atom stereocenters. The molecule has 3 heteroatoms. The number of hydrogen-bond acceptors (Lipinski definition) is 2. The number of carboxylic acid groups (broad SMARTS) is 1. The van der Waals surface area contributed by atoms with Crippen LogP contribution in [0.25, 0.3) is 0 Å². The van der Waals surface area contributed by atoms with E-state index in [1.165, 1.54) is 5.69 Å². The van der Waals surface area contributed by atoms with E-state index in [-0.39, 0.29) is 6.42 Å². The molecule has 0 fully saturated rings. The third kappa shape index (κ3) is 10.6. The number of carbonyl (C=O) groups excluding carboxylic acids is 1. The summed E-state index contributed by atoms with van der Waals surface area (Å²) in [5, 5.41) is 9.93. The minimum absolute atomic E-state index is 0.215. The fourth-order valence-corrected chi connectivity index (χ4v) is 1.70. The first-order chi connectivity index (χ1) is 9.23. The topological polar surface area (TPSA) is 40.1 Å². The maximum absolute atomic E-state index is 9.93. The standard InChI is InChI=1S/C9H14N.C8H16O2/c1-10(2,3)9-7-5-4-6-8-9;1-7(2)5-3-4-6-8(9)10/h4-8H,1-3H3;7H,3-6H2,1-2H3,(H,9,10)/q+1;/p-1. The Bertz CT molecular complexity index is 366. The van der Waals surface area contributed by atoms with Crippen LogP contribution in [0.15, 0.2) is 30.3 Å². The van der Waals surface area contributed by atoms with E-state index in [4.69, 9.17) is 0 Å². The van der Waals surface area contributed by atoms with Gasteiger partial charge in [0, 0.05) is 5.97 Å². The van der Waals surface area contributed by atoms with Crippen LogP contribution in [0.1, 0.15) is 39.5 Å². The summed E-state index contributed by atoms with van der Waals surface area (Å²) in [7, 11) is 6.49. The van der Waals surface area contributed by atoms with Gasteiger partial charge in [-0.15, -0.1) is 0 Å². The molecule has 3 nitrogen and oxygen atoms in total. The van der Waals surface area contributed by atoms with Crippen LogP contribution in [-0.4, -0.2) is 27.1 Å². The highest BCUT2D eigenvalue weighted by Crippen LogP contribution is 2.14. The van der Waals surface area contributed by atoms with Crippen molar-refractivity contribution in [2.75, 3.05) is 21.1 Å². The van der Waals surface area contributed by atoms with Gasteiger partial charge in [-0.1, -0.05) is 44.9 Å². The van der Waals surface area contributed by atoms with Crippen molar-refractivity contribution in [2.45, 2.75) is 39.5 Å². The van der Waals surface area contributed by atoms with Crippen molar-refractivity contribution in [3.8, 4) is 0 Å². The summed E-state index contributed by atoms with van der Waals surface area (Å²) in [6.07, 6.45) is 3.10. The summed E-state index contributed by atoms with van der Waals surface area (Å²) >= 11 is 0. The summed E-state index contributed by atoms with van der Waals surface area (Å²) in [6.45, 7) is 4.28. The Morgan fingerprint density at radius 3 is 2.00 bits per heavy atom. The average Bonchev–Trinajstić information content (AvgIpc) is 2.35. The van der Waals surface area contributed by atoms with Gasteiger partial charge in [-0.3, -0.25) is 4.48 Å². The molecule has 1 rings (SSSR count). The number of carbonyl (C=O) groups is 1. The molecular formula is C17H29NO2. The van der Waals surface area contributed by atoms with Crippen molar-refractivity contribution < 1.29 is 9.90 Å². The summed E-state index contributed by atoms with van der Waals surface area (Å²) in [5.74, 6) is -0.245. The number of para-hydroxylation sites is 1. The first-order valence-electron chi connectivity index (χ1n) is 7.30. The Balaban J connectivity index is 0.000000361. The SMILES string of the molecule is CC(C)CCCCC(=O)[O-].C[N+](C)(C)c1ccccc1. The molecule has 0 N–H and O–H groups in total. The van der Waals surface area contributed by atoms with Crippen LogP contribution < -0.4 is 9.59 Å². The smallest absolute Gasteiger partial charge is 0.132 e. The Labute approximate surface area is 123 Å². The van der Waals surface area contributed by atoms with Crippen LogP contribution in [0.5, 0.6) is 0 Å². The molecule has 0 saturated carbocycles. The van der Waals surface area contributed by atoms with Gasteiger partial charge in [-0.05, 0) is 30.9 Å². The molecule has 0 atom stereocenters. The number of carboxylic acids is 1. The number of nitrogens with zero attached hydrogens (tertiary/aromatic N) is 1. The van der Waals surface area contributed by atoms with Gasteiger partial charge in [-0.2, -0.15) is 0 Å². The van der Waals surface area contributed by atoms with Gasteiger partial charge in [0.25, 0.3) is 0 Å². The molecule has 0 amide bonds. The lowest BCUT2D eigenvalue weighted by atomic mass is 10.1. The summed E-state index contributed by atoms with van der Waals surface area (Å²) in [5.41, 5.74) is 1.34. The monoisotopic (exact) mass is 279 g/mol. The molecule has 0 saturated heterocycles. The highest BCUT2D eigenvalue weighted by molar-refractivity contribution is 5.64. The van der Waals surface area contributed by atoms with Crippen molar-refractivity contribution >= 4 is 11.7 Å². The number of unbranched alkanes of at least 4 members (excludes halogenated alkanes) is 1. The van der Waals surface area contributed by atoms with E-state index in [1.807, 2.05) is 6.07 Å². The molecule has 1 aromatic carbocycles. The minimum Gasteiger partial charge on any atom is -0.550 e. The van der Waals surface area contributed by atoms with E-state index >= 15 is 0 Å². The van der Waals surface area contributed by atoms with Crippen LogP contribution >= 0.6 is 0 Å². The maximum Gasteiger partial charge on any atom is 0.132 e. The largest absolute Gasteiger partial charge is 0.550 e. The van der Waals surface area contributed by atoms with Crippen molar-refractivity contribution in [1.82, 2.24) is 4.48 Å². The molecule has 0 spiro atoms. The third-order valence-corrected chi connectivity index (χ3v) is 2.94. The molecule has 114 valence electrons. The lowest BCUT2D eigenvalue weighted by Gasteiger charge is -2.22. The number of benzene rings is 1. The zero-order valence-electron chi connectivity index (χ0n) is 13.6. The quantitative estimate of drug-likeness (QED) is 0.593. The molecule has 0 aliphatic carbocycles. The normalized spacial score (nSPS) is 10.9. The second-order valence-electron chi connectivity index (χ2n) is 6.36. The highest BCUT2D eigenvalue weighted by Gasteiger charge is 2.08. The summed E-state index contributed by atoms with van der Waals surface area (Å²) in [6, 6.07) is 10.5. The maximum atomic E-state index is 9.93. The Hall–Kier alpha value is -1.35. The van der Waals surface area contributed by atoms with E-state index in [2.05, 4.69) is 59.3 Å². The van der Waals surface area contributed by atoms with Crippen molar-refractivity contribution in [3.05, 3.63) is 30.3 Å². The molecule has 0 aromatic heterocycles. The van der Waals surface area contributed by atoms with Gasteiger partial charge in [0.2, 0.25) is 0 Å². The minimum atomic E-state index is -0.927. The molecule has 0 heterocycles. The van der Waals surface area contributed by atoms with Crippen molar-refractivity contribution in [1.29, 1.82) is 0 Å². The van der Waals surface area contributed by atoms with Crippen LogP contribution in [0.4, 0.5) is 5.69 Å². The predicted molar refractivity (Wildman–Crippen MR) is 84.3 cm³/mol. The Morgan fingerprint density at radius 2 is 1.65 bits per heavy atom. The van der Waals surface area contributed by atoms with E-state index < -0.39 is 5.97 Å². The lowest BCUT2D eigenvalue weighted by molar-refractivity contribution is -0.305. The number of rotatable bonds is 6. The molecular weight excluding hydrogens is 250 g/mol. The molecule has 0 aliphatic rings. The van der Waals surface area contributed by atoms with Crippen LogP contribution in [0, 0.1) is 5.92 Å². The summed E-state index contributed by atoms with van der Waals surface area (Å²) in [4.78, 5) is 9.93. The van der Waals surface area contributed by atoms with E-state index in [9.17, 15) is 9.90 Å². The van der Waals surface area contributed by atoms with Crippen molar-refractivity contribution in [3.63, 3.8) is 0 Å². The van der Waals surface area contributed by atoms with Crippen LogP contribution in [-0.2, 0) is 4.79 Å². The first kappa shape index (κ1) is 18.7. The number of aliphatic carboxylic acids is 1. The average molecular weight is 279 g/mol. The van der Waals surface area contributed by atoms with Crippen molar-refractivity contribution in [2.24, 2.45) is 5.92 Å². The molecule has 20 heavy (non-hydrogen) atoms. The highest BCUT2D eigenvalue weighted by atomic mass is 16.4. The van der Waals surface area contributed by atoms with E-state index in [0.29, 0.717) is 5.92 Å². The number of quaternary nitrogens is 1. The van der Waals surface area contributed by atoms with Gasteiger partial charge in [-0.25, -0.2) is 0 Å². The summed E-state index contributed by atoms with van der Waals surface area (Å²) < 4.78 is 0.890. The molecule has 0 radical (unpaired) electrons. The fourth-order valence-electron chi connectivity index (χ4n) is 1.70. The Kier molecular flexibility index (Phi) is 8.89. The predicted octanol–water partition coefficient (Wildman–Crippen LogP) is 2.84. The number of hydrogen-bond donors (Lipinski definition) is 0. The Morgan fingerprint density at radius 1 is 1.10 bits per heavy atom. The zero-order valence-corrected chi connectivity index (χ0v) is 13.6. The second kappa shape index (κ2) is 9.54. The molecule has 0 bridgehead atoms. The van der Waals surface area contributed by atoms with Crippen LogP contribution in [0.2, 0.25) is 0 Å². The van der Waals surface area contributed by atoms with Crippen LogP contribution in [0.3, 0.4) is 0 Å². The van der Waals surface area contributed by atoms with Gasteiger partial charge < -0.3 is 9.90 Å². The van der Waals surface area contributed by atoms with Gasteiger partial charge in [0.05, 0.1) is 21.1 Å². The van der Waals surface area contributed by atoms with E-state index in [1.54, 1.807) is 0 Å². The molecule has 0 aliphatic heterocycles. The van der Waals surface area contributed by atoms with Gasteiger partial charge >= 0.3 is 0 Å².